The number of hydrogen-bond donors (Lipinski definition) is 0. The fourth-order valence-electron chi connectivity index (χ4n) is 3.78. The molecule has 0 unspecified atom stereocenters. The predicted octanol–water partition coefficient (Wildman–Crippen LogP) is 2.92. The summed E-state index contributed by atoms with van der Waals surface area (Å²) < 4.78 is 30.6. The van der Waals surface area contributed by atoms with Crippen LogP contribution in [0.5, 0.6) is 0 Å². The average Bonchev–Trinajstić information content (AvgIpc) is 3.00. The number of rotatable bonds is 6. The van der Waals surface area contributed by atoms with Gasteiger partial charge in [-0.3, -0.25) is 13.9 Å². The minimum absolute atomic E-state index is 0.0503. The molecule has 160 valence electrons. The molecule has 0 N–H and O–H groups in total. The molecule has 0 spiro atoms. The van der Waals surface area contributed by atoms with Crippen molar-refractivity contribution in [2.45, 2.75) is 11.8 Å². The quantitative estimate of drug-likeness (QED) is 0.435. The highest BCUT2D eigenvalue weighted by Gasteiger charge is 2.26. The van der Waals surface area contributed by atoms with E-state index >= 15 is 0 Å². The first-order valence-electron chi connectivity index (χ1n) is 9.91. The van der Waals surface area contributed by atoms with Crippen LogP contribution in [0.3, 0.4) is 0 Å². The van der Waals surface area contributed by atoms with Crippen LogP contribution in [0.25, 0.3) is 21.8 Å². The van der Waals surface area contributed by atoms with Gasteiger partial charge in [0, 0.05) is 26.2 Å². The third-order valence-corrected chi connectivity index (χ3v) is 7.54. The van der Waals surface area contributed by atoms with Crippen LogP contribution in [0.4, 0.5) is 0 Å². The fourth-order valence-corrected chi connectivity index (χ4v) is 5.20. The SMILES string of the molecule is CCN(CC(=O)c1ccc2ccccc2c1)S(=O)(=O)c1ccc2c(c1)n(C)c(=O)n2C. The summed E-state index contributed by atoms with van der Waals surface area (Å²) in [4.78, 5) is 25.1. The minimum Gasteiger partial charge on any atom is -0.295 e. The van der Waals surface area contributed by atoms with E-state index in [1.165, 1.54) is 21.3 Å². The highest BCUT2D eigenvalue weighted by atomic mass is 32.2. The standard InChI is InChI=1S/C23H23N3O4S/c1-4-26(15-22(27)18-10-9-16-7-5-6-8-17(16)13-18)31(29,30)19-11-12-20-21(14-19)25(3)23(28)24(20)2/h5-14H,4,15H2,1-3H3. The monoisotopic (exact) mass is 437 g/mol. The van der Waals surface area contributed by atoms with Crippen LogP contribution in [0.2, 0.25) is 0 Å². The number of carbonyl (C=O) groups is 1. The van der Waals surface area contributed by atoms with Crippen LogP contribution in [0, 0.1) is 0 Å². The number of likely N-dealkylation sites (N-methyl/N-ethyl adjacent to an activating group) is 1. The Balaban J connectivity index is 1.67. The molecule has 0 amide bonds. The van der Waals surface area contributed by atoms with Gasteiger partial charge in [0.2, 0.25) is 10.0 Å². The lowest BCUT2D eigenvalue weighted by atomic mass is 10.0. The second-order valence-corrected chi connectivity index (χ2v) is 9.41. The van der Waals surface area contributed by atoms with E-state index in [0.717, 1.165) is 15.1 Å². The first-order chi connectivity index (χ1) is 14.7. The van der Waals surface area contributed by atoms with Gasteiger partial charge >= 0.3 is 5.69 Å². The molecule has 4 aromatic rings. The van der Waals surface area contributed by atoms with E-state index in [-0.39, 0.29) is 29.5 Å². The molecule has 7 nitrogen and oxygen atoms in total. The van der Waals surface area contributed by atoms with E-state index < -0.39 is 10.0 Å². The Bertz CT molecular complexity index is 1480. The van der Waals surface area contributed by atoms with Gasteiger partial charge in [-0.15, -0.1) is 0 Å². The van der Waals surface area contributed by atoms with Gasteiger partial charge in [0.1, 0.15) is 0 Å². The third-order valence-electron chi connectivity index (χ3n) is 5.63. The Morgan fingerprint density at radius 3 is 2.29 bits per heavy atom. The molecule has 8 heteroatoms. The van der Waals surface area contributed by atoms with Crippen molar-refractivity contribution >= 4 is 37.6 Å². The first kappa shape index (κ1) is 21.0. The molecule has 0 aliphatic carbocycles. The number of hydrogen-bond acceptors (Lipinski definition) is 4. The van der Waals surface area contributed by atoms with Crippen molar-refractivity contribution in [3.05, 3.63) is 76.7 Å². The Morgan fingerprint density at radius 1 is 0.903 bits per heavy atom. The molecule has 0 radical (unpaired) electrons. The summed E-state index contributed by atoms with van der Waals surface area (Å²) in [7, 11) is -0.683. The molecular weight excluding hydrogens is 414 g/mol. The smallest absolute Gasteiger partial charge is 0.295 e. The second-order valence-electron chi connectivity index (χ2n) is 7.47. The van der Waals surface area contributed by atoms with E-state index in [9.17, 15) is 18.0 Å². The molecule has 0 fully saturated rings. The van der Waals surface area contributed by atoms with Crippen molar-refractivity contribution in [2.75, 3.05) is 13.1 Å². The van der Waals surface area contributed by atoms with E-state index in [2.05, 4.69) is 0 Å². The summed E-state index contributed by atoms with van der Waals surface area (Å²) in [6, 6.07) is 17.6. The topological polar surface area (TPSA) is 81.4 Å². The molecule has 3 aromatic carbocycles. The van der Waals surface area contributed by atoms with Crippen LogP contribution in [-0.2, 0) is 24.1 Å². The summed E-state index contributed by atoms with van der Waals surface area (Å²) in [5.74, 6) is -0.274. The number of benzene rings is 3. The molecule has 1 aromatic heterocycles. The number of ketones is 1. The van der Waals surface area contributed by atoms with E-state index in [1.807, 2.05) is 30.3 Å². The van der Waals surface area contributed by atoms with Gasteiger partial charge in [-0.25, -0.2) is 13.2 Å². The summed E-state index contributed by atoms with van der Waals surface area (Å²) in [5, 5.41) is 1.94. The van der Waals surface area contributed by atoms with Gasteiger partial charge in [-0.1, -0.05) is 43.3 Å². The molecular formula is C23H23N3O4S. The summed E-state index contributed by atoms with van der Waals surface area (Å²) in [6.45, 7) is 1.58. The van der Waals surface area contributed by atoms with Crippen LogP contribution >= 0.6 is 0 Å². The molecule has 0 aliphatic heterocycles. The van der Waals surface area contributed by atoms with E-state index in [4.69, 9.17) is 0 Å². The Kier molecular flexibility index (Phi) is 5.28. The lowest BCUT2D eigenvalue weighted by molar-refractivity contribution is 0.0968. The number of aromatic nitrogens is 2. The van der Waals surface area contributed by atoms with Crippen molar-refractivity contribution in [1.82, 2.24) is 13.4 Å². The molecule has 0 aliphatic rings. The lowest BCUT2D eigenvalue weighted by Gasteiger charge is -2.20. The summed E-state index contributed by atoms with van der Waals surface area (Å²) in [5.41, 5.74) is 1.39. The number of sulfonamides is 1. The zero-order valence-corrected chi connectivity index (χ0v) is 18.4. The molecule has 0 saturated heterocycles. The van der Waals surface area contributed by atoms with Crippen molar-refractivity contribution in [3.8, 4) is 0 Å². The number of Topliss-reactive ketones (excluding diaryl/α,β-unsaturated/α-hetero) is 1. The van der Waals surface area contributed by atoms with Gasteiger partial charge < -0.3 is 0 Å². The number of nitrogens with zero attached hydrogens (tertiary/aromatic N) is 3. The van der Waals surface area contributed by atoms with Crippen LogP contribution in [-0.4, -0.2) is 40.7 Å². The molecule has 31 heavy (non-hydrogen) atoms. The number of aryl methyl sites for hydroxylation is 2. The van der Waals surface area contributed by atoms with Crippen LogP contribution in [0.1, 0.15) is 17.3 Å². The van der Waals surface area contributed by atoms with Crippen LogP contribution < -0.4 is 5.69 Å². The number of carbonyl (C=O) groups excluding carboxylic acids is 1. The summed E-state index contributed by atoms with van der Waals surface area (Å²) >= 11 is 0. The lowest BCUT2D eigenvalue weighted by Crippen LogP contribution is -2.35. The van der Waals surface area contributed by atoms with E-state index in [0.29, 0.717) is 16.6 Å². The molecule has 1 heterocycles. The van der Waals surface area contributed by atoms with Crippen LogP contribution in [0.15, 0.2) is 70.4 Å². The highest BCUT2D eigenvalue weighted by molar-refractivity contribution is 7.89. The fraction of sp³-hybridized carbons (Fsp3) is 0.217. The Labute approximate surface area is 180 Å². The van der Waals surface area contributed by atoms with Crippen molar-refractivity contribution in [1.29, 1.82) is 0 Å². The second kappa shape index (κ2) is 7.79. The van der Waals surface area contributed by atoms with Gasteiger partial charge in [-0.05, 0) is 35.0 Å². The highest BCUT2D eigenvalue weighted by Crippen LogP contribution is 2.22. The van der Waals surface area contributed by atoms with Gasteiger partial charge in [0.15, 0.2) is 5.78 Å². The molecule has 4 rings (SSSR count). The predicted molar refractivity (Wildman–Crippen MR) is 121 cm³/mol. The Morgan fingerprint density at radius 2 is 1.58 bits per heavy atom. The largest absolute Gasteiger partial charge is 0.328 e. The zero-order valence-electron chi connectivity index (χ0n) is 17.6. The Hall–Kier alpha value is -3.23. The van der Waals surface area contributed by atoms with Crippen molar-refractivity contribution in [2.24, 2.45) is 14.1 Å². The van der Waals surface area contributed by atoms with Crippen molar-refractivity contribution in [3.63, 3.8) is 0 Å². The number of imidazole rings is 1. The minimum atomic E-state index is -3.92. The number of fused-ring (bicyclic) bond motifs is 2. The first-order valence-corrected chi connectivity index (χ1v) is 11.4. The van der Waals surface area contributed by atoms with Gasteiger partial charge in [0.05, 0.1) is 22.5 Å². The third kappa shape index (κ3) is 3.58. The normalized spacial score (nSPS) is 12.1. The summed E-state index contributed by atoms with van der Waals surface area (Å²) in [6.07, 6.45) is 0. The molecule has 0 bridgehead atoms. The molecule has 0 atom stereocenters. The van der Waals surface area contributed by atoms with Gasteiger partial charge in [-0.2, -0.15) is 4.31 Å². The molecule has 0 saturated carbocycles. The average molecular weight is 438 g/mol. The van der Waals surface area contributed by atoms with E-state index in [1.54, 1.807) is 39.2 Å². The van der Waals surface area contributed by atoms with Crippen molar-refractivity contribution < 1.29 is 13.2 Å². The maximum absolute atomic E-state index is 13.3. The maximum atomic E-state index is 13.3. The maximum Gasteiger partial charge on any atom is 0.328 e. The zero-order chi connectivity index (χ0) is 22.3. The van der Waals surface area contributed by atoms with Gasteiger partial charge in [0.25, 0.3) is 0 Å².